The number of hydrogen-bond donors (Lipinski definition) is 2. The number of hydrogen-bond acceptors (Lipinski definition) is 8. The van der Waals surface area contributed by atoms with Gasteiger partial charge in [-0.15, -0.1) is 5.10 Å². The Labute approximate surface area is 234 Å². The molecule has 40 heavy (non-hydrogen) atoms. The number of rotatable bonds is 12. The van der Waals surface area contributed by atoms with Crippen LogP contribution in [0, 0.1) is 5.41 Å². The minimum absolute atomic E-state index is 0.0788. The zero-order chi connectivity index (χ0) is 29.1. The number of amides is 1. The van der Waals surface area contributed by atoms with Crippen LogP contribution in [0.15, 0.2) is 47.6 Å². The molecule has 1 aliphatic rings. The zero-order valence-electron chi connectivity index (χ0n) is 21.7. The van der Waals surface area contributed by atoms with Crippen LogP contribution in [0.2, 0.25) is 5.15 Å². The Kier molecular flexibility index (Phi) is 8.59. The maximum Gasteiger partial charge on any atom is 0.394 e. The zero-order valence-corrected chi connectivity index (χ0v) is 23.3. The van der Waals surface area contributed by atoms with Crippen molar-refractivity contribution in [2.24, 2.45) is 5.41 Å². The van der Waals surface area contributed by atoms with Crippen molar-refractivity contribution in [3.8, 4) is 11.7 Å². The summed E-state index contributed by atoms with van der Waals surface area (Å²) < 4.78 is 73.4. The maximum absolute atomic E-state index is 13.1. The maximum atomic E-state index is 13.1. The van der Waals surface area contributed by atoms with Gasteiger partial charge in [0.25, 0.3) is 15.9 Å². The van der Waals surface area contributed by atoms with Crippen LogP contribution in [0.25, 0.3) is 5.82 Å². The summed E-state index contributed by atoms with van der Waals surface area (Å²) in [5.74, 6) is -0.381. The molecule has 0 aliphatic heterocycles. The molecule has 1 amide bonds. The number of sulfonamides is 1. The lowest BCUT2D eigenvalue weighted by Gasteiger charge is -2.18. The molecule has 3 aromatic rings. The van der Waals surface area contributed by atoms with Crippen LogP contribution < -0.4 is 14.8 Å². The summed E-state index contributed by atoms with van der Waals surface area (Å²) in [6.45, 7) is 3.83. The molecule has 15 heteroatoms. The molecular weight excluding hydrogens is 573 g/mol. The smallest absolute Gasteiger partial charge is 0.394 e. The van der Waals surface area contributed by atoms with Gasteiger partial charge in [0.2, 0.25) is 5.88 Å². The third-order valence-corrected chi connectivity index (χ3v) is 8.03. The highest BCUT2D eigenvalue weighted by Gasteiger charge is 2.62. The van der Waals surface area contributed by atoms with Crippen LogP contribution in [-0.4, -0.2) is 52.9 Å². The van der Waals surface area contributed by atoms with E-state index >= 15 is 0 Å². The van der Waals surface area contributed by atoms with Gasteiger partial charge >= 0.3 is 6.18 Å². The number of nitrogens with zero attached hydrogens (tertiary/aromatic N) is 4. The molecule has 1 unspecified atom stereocenters. The first-order valence-electron chi connectivity index (χ1n) is 12.6. The van der Waals surface area contributed by atoms with Gasteiger partial charge in [0.05, 0.1) is 17.6 Å². The van der Waals surface area contributed by atoms with Gasteiger partial charge in [-0.3, -0.25) is 4.79 Å². The molecule has 1 atom stereocenters. The van der Waals surface area contributed by atoms with E-state index in [1.165, 1.54) is 41.2 Å². The summed E-state index contributed by atoms with van der Waals surface area (Å²) in [5.41, 5.74) is -1.87. The summed E-state index contributed by atoms with van der Waals surface area (Å²) in [7, 11) is -4.32. The van der Waals surface area contributed by atoms with Crippen molar-refractivity contribution in [1.82, 2.24) is 24.5 Å². The molecule has 2 N–H and O–H groups in total. The van der Waals surface area contributed by atoms with Gasteiger partial charge in [-0.25, -0.2) is 19.4 Å². The molecule has 1 aliphatic carbocycles. The van der Waals surface area contributed by atoms with E-state index in [1.54, 1.807) is 6.07 Å². The molecule has 3 heterocycles. The van der Waals surface area contributed by atoms with E-state index in [4.69, 9.17) is 16.3 Å². The minimum Gasteiger partial charge on any atom is -0.477 e. The second kappa shape index (κ2) is 11.6. The van der Waals surface area contributed by atoms with Crippen molar-refractivity contribution in [1.29, 1.82) is 0 Å². The number of aromatic nitrogens is 4. The van der Waals surface area contributed by atoms with E-state index in [0.29, 0.717) is 5.82 Å². The first-order valence-corrected chi connectivity index (χ1v) is 14.4. The predicted octanol–water partition coefficient (Wildman–Crippen LogP) is 5.15. The molecule has 1 fully saturated rings. The Hall–Kier alpha value is -3.39. The molecule has 216 valence electrons. The quantitative estimate of drug-likeness (QED) is 0.273. The van der Waals surface area contributed by atoms with Gasteiger partial charge in [0, 0.05) is 18.3 Å². The average molecular weight is 601 g/mol. The monoisotopic (exact) mass is 600 g/mol. The SMILES string of the molecule is CCCC(C)Nc1cccc(S(=O)(=O)NC(=O)c2ccc(-n3ccc(OCCC4(C(F)(F)F)CC4)n3)nc2Cl)n1. The molecular formula is C25H28ClF3N6O4S. The van der Waals surface area contributed by atoms with Gasteiger partial charge in [-0.05, 0) is 56.9 Å². The normalized spacial score (nSPS) is 15.3. The Morgan fingerprint density at radius 1 is 1.20 bits per heavy atom. The van der Waals surface area contributed by atoms with E-state index < -0.39 is 27.5 Å². The molecule has 10 nitrogen and oxygen atoms in total. The number of halogens is 4. The Bertz CT molecular complexity index is 1480. The Morgan fingerprint density at radius 2 is 1.95 bits per heavy atom. The summed E-state index contributed by atoms with van der Waals surface area (Å²) in [5, 5.41) is 6.60. The molecule has 1 saturated carbocycles. The van der Waals surface area contributed by atoms with E-state index in [9.17, 15) is 26.4 Å². The highest BCUT2D eigenvalue weighted by molar-refractivity contribution is 7.90. The van der Waals surface area contributed by atoms with Crippen LogP contribution >= 0.6 is 11.6 Å². The number of nitrogens with one attached hydrogen (secondary N) is 2. The number of carbonyl (C=O) groups is 1. The first kappa shape index (κ1) is 29.6. The Balaban J connectivity index is 1.39. The molecule has 4 rings (SSSR count). The highest BCUT2D eigenvalue weighted by atomic mass is 35.5. The lowest BCUT2D eigenvalue weighted by molar-refractivity contribution is -0.190. The van der Waals surface area contributed by atoms with Crippen LogP contribution in [-0.2, 0) is 10.0 Å². The number of carbonyl (C=O) groups excluding carboxylic acids is 1. The van der Waals surface area contributed by atoms with Gasteiger partial charge in [0.1, 0.15) is 11.0 Å². The fourth-order valence-electron chi connectivity index (χ4n) is 4.04. The van der Waals surface area contributed by atoms with Gasteiger partial charge in [-0.2, -0.15) is 21.6 Å². The molecule has 0 bridgehead atoms. The van der Waals surface area contributed by atoms with Crippen molar-refractivity contribution < 1.29 is 31.1 Å². The van der Waals surface area contributed by atoms with Crippen LogP contribution in [0.5, 0.6) is 5.88 Å². The van der Waals surface area contributed by atoms with Gasteiger partial charge < -0.3 is 10.1 Å². The van der Waals surface area contributed by atoms with Gasteiger partial charge in [-0.1, -0.05) is 31.0 Å². The number of ether oxygens (including phenoxy) is 1. The topological polar surface area (TPSA) is 128 Å². The molecule has 3 aromatic heterocycles. The molecule has 0 aromatic carbocycles. The third-order valence-electron chi connectivity index (χ3n) is 6.51. The summed E-state index contributed by atoms with van der Waals surface area (Å²) in [6.07, 6.45) is -0.956. The largest absolute Gasteiger partial charge is 0.477 e. The van der Waals surface area contributed by atoms with Crippen molar-refractivity contribution in [2.75, 3.05) is 11.9 Å². The third kappa shape index (κ3) is 6.84. The van der Waals surface area contributed by atoms with Gasteiger partial charge in [0.15, 0.2) is 10.8 Å². The highest BCUT2D eigenvalue weighted by Crippen LogP contribution is 2.59. The second-order valence-corrected chi connectivity index (χ2v) is 11.6. The van der Waals surface area contributed by atoms with E-state index in [2.05, 4.69) is 20.4 Å². The summed E-state index contributed by atoms with van der Waals surface area (Å²) >= 11 is 6.18. The minimum atomic E-state index is -4.32. The number of pyridine rings is 2. The standard InChI is InChI=1S/C25H28ClF3N6O4S/c1-3-5-16(2)30-18-6-4-7-21(31-18)40(37,38)34-23(36)17-8-9-19(32-22(17)26)35-14-10-20(33-35)39-15-13-24(11-12-24)25(27,28)29/h4,6-10,14,16H,3,5,11-13,15H2,1-2H3,(H,30,31)(H,34,36). The van der Waals surface area contributed by atoms with Crippen LogP contribution in [0.1, 0.15) is 56.3 Å². The average Bonchev–Trinajstić information content (AvgIpc) is 3.53. The van der Waals surface area contributed by atoms with Crippen molar-refractivity contribution >= 4 is 33.3 Å². The lowest BCUT2D eigenvalue weighted by atomic mass is 10.0. The second-order valence-electron chi connectivity index (χ2n) is 9.61. The van der Waals surface area contributed by atoms with E-state index in [-0.39, 0.29) is 59.4 Å². The molecule has 0 radical (unpaired) electrons. The summed E-state index contributed by atoms with van der Waals surface area (Å²) in [6, 6.07) is 8.59. The van der Waals surface area contributed by atoms with Crippen molar-refractivity contribution in [3.05, 3.63) is 53.3 Å². The first-order chi connectivity index (χ1) is 18.8. The summed E-state index contributed by atoms with van der Waals surface area (Å²) in [4.78, 5) is 20.9. The van der Waals surface area contributed by atoms with Crippen LogP contribution in [0.3, 0.4) is 0 Å². The number of anilines is 1. The Morgan fingerprint density at radius 3 is 2.60 bits per heavy atom. The fourth-order valence-corrected chi connectivity index (χ4v) is 5.21. The van der Waals surface area contributed by atoms with E-state index in [1.807, 2.05) is 18.6 Å². The van der Waals surface area contributed by atoms with Crippen LogP contribution in [0.4, 0.5) is 19.0 Å². The van der Waals surface area contributed by atoms with Crippen molar-refractivity contribution in [3.63, 3.8) is 0 Å². The number of alkyl halides is 3. The fraction of sp³-hybridized carbons (Fsp3) is 0.440. The van der Waals surface area contributed by atoms with E-state index in [0.717, 1.165) is 12.8 Å². The molecule has 0 spiro atoms. The predicted molar refractivity (Wildman–Crippen MR) is 141 cm³/mol. The molecule has 0 saturated heterocycles. The lowest BCUT2D eigenvalue weighted by Crippen LogP contribution is -2.31. The van der Waals surface area contributed by atoms with Crippen molar-refractivity contribution in [2.45, 2.75) is 63.2 Å².